The van der Waals surface area contributed by atoms with Crippen molar-refractivity contribution in [3.05, 3.63) is 53.1 Å². The van der Waals surface area contributed by atoms with E-state index in [1.165, 1.54) is 18.2 Å². The highest BCUT2D eigenvalue weighted by atomic mass is 35.5. The third kappa shape index (κ3) is 4.93. The number of piperidine rings is 1. The van der Waals surface area contributed by atoms with E-state index >= 15 is 8.78 Å². The van der Waals surface area contributed by atoms with Gasteiger partial charge in [0.25, 0.3) is 5.92 Å². The molecule has 0 radical (unpaired) electrons. The zero-order chi connectivity index (χ0) is 32.0. The van der Waals surface area contributed by atoms with E-state index in [0.29, 0.717) is 42.6 Å². The number of aromatic nitrogens is 2. The fourth-order valence-electron chi connectivity index (χ4n) is 8.41. The Morgan fingerprint density at radius 3 is 2.78 bits per heavy atom. The van der Waals surface area contributed by atoms with E-state index in [9.17, 15) is 13.9 Å². The van der Waals surface area contributed by atoms with Gasteiger partial charge in [-0.05, 0) is 68.8 Å². The van der Waals surface area contributed by atoms with Crippen LogP contribution in [0.1, 0.15) is 45.4 Å². The van der Waals surface area contributed by atoms with E-state index in [0.717, 1.165) is 19.3 Å². The number of nitrogens with zero attached hydrogens (tertiary/aromatic N) is 4. The highest BCUT2D eigenvalue weighted by Gasteiger charge is 2.53. The van der Waals surface area contributed by atoms with Crippen molar-refractivity contribution in [2.24, 2.45) is 0 Å². The summed E-state index contributed by atoms with van der Waals surface area (Å²) in [5.41, 5.74) is -1.54. The standard InChI is InChI=1S/C34H34ClF4N5O2/c1-32-8-6-20(42-32)15-43(17-32)30-23-14-25(36)27(22-13-21(45)12-19-4-2-5-24(35)26(19)22)28(37)29(23)40-31(41-30)46-18-33-7-3-10-44(33)11-9-34(38,39)16-33/h2,4-5,12-14,20,42,45H,3,6-11,15-18H2,1H3/t20?,32-,33?/m1/s1. The SMILES string of the molecule is C[C@@]12CCC(CN(c3nc(OCC45CCCN4CCC(F)(F)C5)nc4c(F)c(-c5cc(O)cc6cccc(Cl)c56)c(F)cc34)C1)N2. The van der Waals surface area contributed by atoms with Crippen molar-refractivity contribution in [1.82, 2.24) is 20.2 Å². The maximum absolute atomic E-state index is 16.8. The van der Waals surface area contributed by atoms with E-state index < -0.39 is 28.7 Å². The molecule has 5 heterocycles. The molecule has 12 heteroatoms. The molecular formula is C34H34ClF4N5O2. The van der Waals surface area contributed by atoms with Crippen LogP contribution in [0.4, 0.5) is 23.4 Å². The molecule has 4 saturated heterocycles. The summed E-state index contributed by atoms with van der Waals surface area (Å²) in [6.07, 6.45) is 2.72. The van der Waals surface area contributed by atoms with Crippen molar-refractivity contribution >= 4 is 39.1 Å². The molecule has 46 heavy (non-hydrogen) atoms. The van der Waals surface area contributed by atoms with Gasteiger partial charge in [0.05, 0.1) is 11.1 Å². The number of piperazine rings is 1. The van der Waals surface area contributed by atoms with E-state index in [1.807, 2.05) is 4.90 Å². The molecule has 4 fully saturated rings. The summed E-state index contributed by atoms with van der Waals surface area (Å²) in [6, 6.07) is 9.03. The Hall–Kier alpha value is -3.41. The molecule has 3 atom stereocenters. The molecule has 4 aliphatic rings. The second-order valence-electron chi connectivity index (χ2n) is 13.8. The van der Waals surface area contributed by atoms with Crippen LogP contribution >= 0.6 is 11.6 Å². The summed E-state index contributed by atoms with van der Waals surface area (Å²) in [4.78, 5) is 13.3. The summed E-state index contributed by atoms with van der Waals surface area (Å²) in [7, 11) is 0. The number of phenols is 1. The van der Waals surface area contributed by atoms with Crippen LogP contribution < -0.4 is 15.0 Å². The fraction of sp³-hybridized carbons (Fsp3) is 0.471. The lowest BCUT2D eigenvalue weighted by Gasteiger charge is -2.44. The van der Waals surface area contributed by atoms with Crippen molar-refractivity contribution in [3.8, 4) is 22.9 Å². The van der Waals surface area contributed by atoms with Gasteiger partial charge < -0.3 is 20.1 Å². The Morgan fingerprint density at radius 1 is 1.11 bits per heavy atom. The number of anilines is 1. The minimum Gasteiger partial charge on any atom is -0.508 e. The van der Waals surface area contributed by atoms with Crippen molar-refractivity contribution in [2.75, 3.05) is 37.7 Å². The van der Waals surface area contributed by atoms with Crippen LogP contribution in [0, 0.1) is 11.6 Å². The zero-order valence-corrected chi connectivity index (χ0v) is 26.1. The number of hydrogen-bond acceptors (Lipinski definition) is 7. The quantitative estimate of drug-likeness (QED) is 0.223. The average Bonchev–Trinajstić information content (AvgIpc) is 3.53. The van der Waals surface area contributed by atoms with Crippen molar-refractivity contribution in [3.63, 3.8) is 0 Å². The first-order valence-electron chi connectivity index (χ1n) is 15.8. The van der Waals surface area contributed by atoms with Crippen LogP contribution in [0.2, 0.25) is 5.02 Å². The number of ether oxygens (including phenoxy) is 1. The van der Waals surface area contributed by atoms with Gasteiger partial charge in [0.2, 0.25) is 0 Å². The lowest BCUT2D eigenvalue weighted by molar-refractivity contribution is -0.112. The van der Waals surface area contributed by atoms with Crippen molar-refractivity contribution in [2.45, 2.75) is 68.5 Å². The molecule has 2 N–H and O–H groups in total. The molecule has 4 aliphatic heterocycles. The van der Waals surface area contributed by atoms with Crippen molar-refractivity contribution in [1.29, 1.82) is 0 Å². The molecule has 0 saturated carbocycles. The molecule has 8 rings (SSSR count). The van der Waals surface area contributed by atoms with Gasteiger partial charge >= 0.3 is 6.01 Å². The number of phenolic OH excluding ortho intramolecular Hbond substituents is 1. The first-order valence-corrected chi connectivity index (χ1v) is 16.2. The van der Waals surface area contributed by atoms with Gasteiger partial charge in [0.1, 0.15) is 29.5 Å². The number of fused-ring (bicyclic) bond motifs is 5. The molecule has 3 aromatic carbocycles. The minimum atomic E-state index is -2.81. The number of alkyl halides is 2. The van der Waals surface area contributed by atoms with Crippen LogP contribution in [0.25, 0.3) is 32.8 Å². The second-order valence-corrected chi connectivity index (χ2v) is 14.2. The molecular weight excluding hydrogens is 622 g/mol. The zero-order valence-electron chi connectivity index (χ0n) is 25.4. The molecule has 0 aliphatic carbocycles. The number of aromatic hydroxyl groups is 1. The van der Waals surface area contributed by atoms with Gasteiger partial charge in [-0.15, -0.1) is 0 Å². The maximum Gasteiger partial charge on any atom is 0.319 e. The van der Waals surface area contributed by atoms with Gasteiger partial charge in [-0.1, -0.05) is 23.7 Å². The third-order valence-electron chi connectivity index (χ3n) is 10.4. The van der Waals surface area contributed by atoms with Crippen LogP contribution in [-0.4, -0.2) is 75.8 Å². The lowest BCUT2D eigenvalue weighted by Crippen LogP contribution is -2.58. The fourth-order valence-corrected chi connectivity index (χ4v) is 8.69. The average molecular weight is 656 g/mol. The van der Waals surface area contributed by atoms with E-state index in [-0.39, 0.29) is 70.8 Å². The van der Waals surface area contributed by atoms with Gasteiger partial charge in [-0.25, -0.2) is 17.6 Å². The van der Waals surface area contributed by atoms with E-state index in [4.69, 9.17) is 21.3 Å². The first kappa shape index (κ1) is 30.0. The highest BCUT2D eigenvalue weighted by molar-refractivity contribution is 6.36. The Labute approximate surface area is 268 Å². The summed E-state index contributed by atoms with van der Waals surface area (Å²) >= 11 is 6.52. The predicted molar refractivity (Wildman–Crippen MR) is 169 cm³/mol. The van der Waals surface area contributed by atoms with Crippen LogP contribution in [0.3, 0.4) is 0 Å². The lowest BCUT2D eigenvalue weighted by atomic mass is 9.85. The number of hydrogen-bond donors (Lipinski definition) is 2. The first-order chi connectivity index (χ1) is 21.9. The Balaban J connectivity index is 1.28. The molecule has 1 aromatic heterocycles. The van der Waals surface area contributed by atoms with E-state index in [2.05, 4.69) is 22.1 Å². The molecule has 7 nitrogen and oxygen atoms in total. The number of halogens is 5. The summed E-state index contributed by atoms with van der Waals surface area (Å²) in [6.45, 7) is 4.16. The Kier molecular flexibility index (Phi) is 6.87. The summed E-state index contributed by atoms with van der Waals surface area (Å²) in [5.74, 6) is -4.46. The highest BCUT2D eigenvalue weighted by Crippen LogP contribution is 2.46. The van der Waals surface area contributed by atoms with Gasteiger partial charge in [-0.2, -0.15) is 9.97 Å². The van der Waals surface area contributed by atoms with Crippen LogP contribution in [-0.2, 0) is 0 Å². The predicted octanol–water partition coefficient (Wildman–Crippen LogP) is 7.06. The maximum atomic E-state index is 16.8. The Bertz CT molecular complexity index is 1890. The molecule has 0 spiro atoms. The second kappa shape index (κ2) is 10.6. The summed E-state index contributed by atoms with van der Waals surface area (Å²) < 4.78 is 68.5. The van der Waals surface area contributed by atoms with Gasteiger partial charge in [0, 0.05) is 65.4 Å². The molecule has 242 valence electrons. The Morgan fingerprint density at radius 2 is 1.96 bits per heavy atom. The van der Waals surface area contributed by atoms with Crippen LogP contribution in [0.15, 0.2) is 36.4 Å². The third-order valence-corrected chi connectivity index (χ3v) is 10.8. The minimum absolute atomic E-state index is 0.0715. The van der Waals surface area contributed by atoms with Crippen LogP contribution in [0.5, 0.6) is 11.8 Å². The smallest absolute Gasteiger partial charge is 0.319 e. The number of rotatable bonds is 5. The largest absolute Gasteiger partial charge is 0.508 e. The monoisotopic (exact) mass is 655 g/mol. The molecule has 2 bridgehead atoms. The molecule has 2 unspecified atom stereocenters. The number of benzene rings is 3. The topological polar surface area (TPSA) is 73.8 Å². The van der Waals surface area contributed by atoms with E-state index in [1.54, 1.807) is 18.2 Å². The normalized spacial score (nSPS) is 27.4. The molecule has 4 aromatic rings. The van der Waals surface area contributed by atoms with Gasteiger partial charge in [-0.3, -0.25) is 4.90 Å². The van der Waals surface area contributed by atoms with Crippen molar-refractivity contribution < 1.29 is 27.4 Å². The number of nitrogens with one attached hydrogen (secondary N) is 1. The van der Waals surface area contributed by atoms with Gasteiger partial charge in [0.15, 0.2) is 5.82 Å². The summed E-state index contributed by atoms with van der Waals surface area (Å²) in [5, 5.41) is 15.5. The molecule has 0 amide bonds.